The van der Waals surface area contributed by atoms with Crippen LogP contribution in [-0.4, -0.2) is 19.7 Å². The summed E-state index contributed by atoms with van der Waals surface area (Å²) < 4.78 is 15.1. The van der Waals surface area contributed by atoms with Crippen LogP contribution in [0.3, 0.4) is 0 Å². The van der Waals surface area contributed by atoms with E-state index in [1.165, 1.54) is 6.33 Å². The van der Waals surface area contributed by atoms with Crippen LogP contribution in [-0.2, 0) is 13.6 Å². The standard InChI is InChI=1S/C10H9BrFN5O2/c1-16-5-14-15-10(16)4-13-8-3-7(12)6(11)2-9(8)17(18)19/h2-3,5,13H,4H2,1H3. The molecule has 0 amide bonds. The first kappa shape index (κ1) is 13.4. The van der Waals surface area contributed by atoms with Crippen molar-refractivity contribution >= 4 is 27.3 Å². The van der Waals surface area contributed by atoms with Crippen molar-refractivity contribution < 1.29 is 9.31 Å². The average molecular weight is 330 g/mol. The molecule has 0 bridgehead atoms. The predicted molar refractivity (Wildman–Crippen MR) is 69.1 cm³/mol. The molecule has 9 heteroatoms. The Kier molecular flexibility index (Phi) is 3.74. The van der Waals surface area contributed by atoms with E-state index in [0.29, 0.717) is 5.82 Å². The molecule has 1 N–H and O–H groups in total. The number of nitro groups is 1. The van der Waals surface area contributed by atoms with Gasteiger partial charge in [-0.05, 0) is 15.9 Å². The number of halogens is 2. The number of aryl methyl sites for hydroxylation is 1. The van der Waals surface area contributed by atoms with Crippen LogP contribution < -0.4 is 5.32 Å². The minimum absolute atomic E-state index is 0.0448. The maximum absolute atomic E-state index is 13.4. The number of anilines is 1. The van der Waals surface area contributed by atoms with Gasteiger partial charge in [0, 0.05) is 19.2 Å². The molecule has 0 unspecified atom stereocenters. The van der Waals surface area contributed by atoms with E-state index in [1.807, 2.05) is 0 Å². The van der Waals surface area contributed by atoms with E-state index in [1.54, 1.807) is 11.6 Å². The number of rotatable bonds is 4. The van der Waals surface area contributed by atoms with Crippen LogP contribution in [0.2, 0.25) is 0 Å². The SMILES string of the molecule is Cn1cnnc1CNc1cc(F)c(Br)cc1[N+](=O)[O-]. The predicted octanol–water partition coefficient (Wildman–Crippen LogP) is 2.24. The van der Waals surface area contributed by atoms with E-state index in [4.69, 9.17) is 0 Å². The van der Waals surface area contributed by atoms with Crippen LogP contribution in [0.25, 0.3) is 0 Å². The largest absolute Gasteiger partial charge is 0.372 e. The highest BCUT2D eigenvalue weighted by molar-refractivity contribution is 9.10. The number of nitro benzene ring substituents is 1. The first-order valence-corrected chi connectivity index (χ1v) is 5.98. The molecule has 0 atom stereocenters. The molecule has 7 nitrogen and oxygen atoms in total. The van der Waals surface area contributed by atoms with E-state index in [2.05, 4.69) is 31.4 Å². The molecule has 0 spiro atoms. The van der Waals surface area contributed by atoms with Gasteiger partial charge in [0.1, 0.15) is 17.8 Å². The van der Waals surface area contributed by atoms with Gasteiger partial charge >= 0.3 is 0 Å². The molecule has 0 saturated carbocycles. The maximum atomic E-state index is 13.4. The Hall–Kier alpha value is -2.03. The van der Waals surface area contributed by atoms with Gasteiger partial charge in [-0.3, -0.25) is 10.1 Å². The highest BCUT2D eigenvalue weighted by atomic mass is 79.9. The molecule has 1 aromatic carbocycles. The van der Waals surface area contributed by atoms with E-state index >= 15 is 0 Å². The fourth-order valence-electron chi connectivity index (χ4n) is 1.47. The molecule has 0 saturated heterocycles. The molecule has 0 aliphatic rings. The molecule has 0 radical (unpaired) electrons. The molecular weight excluding hydrogens is 321 g/mol. The summed E-state index contributed by atoms with van der Waals surface area (Å²) in [5.41, 5.74) is -0.121. The summed E-state index contributed by atoms with van der Waals surface area (Å²) >= 11 is 2.92. The van der Waals surface area contributed by atoms with Gasteiger partial charge in [-0.25, -0.2) is 4.39 Å². The minimum atomic E-state index is -0.580. The summed E-state index contributed by atoms with van der Waals surface area (Å²) in [6.07, 6.45) is 1.51. The second-order valence-corrected chi connectivity index (χ2v) is 4.61. The minimum Gasteiger partial charge on any atom is -0.372 e. The van der Waals surface area contributed by atoms with Crippen molar-refractivity contribution in [3.63, 3.8) is 0 Å². The number of nitrogens with zero attached hydrogens (tertiary/aromatic N) is 4. The fourth-order valence-corrected chi connectivity index (χ4v) is 1.80. The summed E-state index contributed by atoms with van der Waals surface area (Å²) in [6, 6.07) is 2.19. The van der Waals surface area contributed by atoms with Gasteiger partial charge in [0.2, 0.25) is 0 Å². The lowest BCUT2D eigenvalue weighted by Gasteiger charge is -2.07. The zero-order chi connectivity index (χ0) is 14.0. The summed E-state index contributed by atoms with van der Waals surface area (Å²) in [5.74, 6) is 0.00342. The highest BCUT2D eigenvalue weighted by Gasteiger charge is 2.17. The van der Waals surface area contributed by atoms with Crippen molar-refractivity contribution in [2.24, 2.45) is 7.05 Å². The zero-order valence-electron chi connectivity index (χ0n) is 9.80. The summed E-state index contributed by atoms with van der Waals surface area (Å²) in [4.78, 5) is 10.3. The summed E-state index contributed by atoms with van der Waals surface area (Å²) in [6.45, 7) is 0.207. The quantitative estimate of drug-likeness (QED) is 0.686. The zero-order valence-corrected chi connectivity index (χ0v) is 11.4. The van der Waals surface area contributed by atoms with E-state index in [9.17, 15) is 14.5 Å². The second-order valence-electron chi connectivity index (χ2n) is 3.75. The Labute approximate surface area is 115 Å². The molecule has 0 fully saturated rings. The van der Waals surface area contributed by atoms with Crippen molar-refractivity contribution in [2.75, 3.05) is 5.32 Å². The van der Waals surface area contributed by atoms with Crippen LogP contribution in [0.15, 0.2) is 22.9 Å². The summed E-state index contributed by atoms with van der Waals surface area (Å²) in [5, 5.41) is 21.2. The Balaban J connectivity index is 2.26. The van der Waals surface area contributed by atoms with Crippen molar-refractivity contribution in [3.05, 3.63) is 44.7 Å². The van der Waals surface area contributed by atoms with Gasteiger partial charge in [0.15, 0.2) is 5.82 Å². The third-order valence-electron chi connectivity index (χ3n) is 2.48. The Morgan fingerprint density at radius 2 is 2.32 bits per heavy atom. The van der Waals surface area contributed by atoms with E-state index in [0.717, 1.165) is 12.1 Å². The smallest absolute Gasteiger partial charge is 0.293 e. The fraction of sp³-hybridized carbons (Fsp3) is 0.200. The van der Waals surface area contributed by atoms with Crippen molar-refractivity contribution in [1.82, 2.24) is 14.8 Å². The Morgan fingerprint density at radius 3 is 2.89 bits per heavy atom. The third kappa shape index (κ3) is 2.87. The van der Waals surface area contributed by atoms with Gasteiger partial charge in [0.25, 0.3) is 5.69 Å². The number of hydrogen-bond donors (Lipinski definition) is 1. The Morgan fingerprint density at radius 1 is 1.58 bits per heavy atom. The van der Waals surface area contributed by atoms with E-state index in [-0.39, 0.29) is 22.4 Å². The van der Waals surface area contributed by atoms with Crippen LogP contribution >= 0.6 is 15.9 Å². The van der Waals surface area contributed by atoms with Gasteiger partial charge < -0.3 is 9.88 Å². The number of aromatic nitrogens is 3. The first-order chi connectivity index (χ1) is 8.99. The van der Waals surface area contributed by atoms with Crippen LogP contribution in [0.1, 0.15) is 5.82 Å². The number of benzene rings is 1. The Bertz CT molecular complexity index is 630. The van der Waals surface area contributed by atoms with Crippen LogP contribution in [0, 0.1) is 15.9 Å². The van der Waals surface area contributed by atoms with Gasteiger partial charge in [-0.2, -0.15) is 0 Å². The molecule has 0 aliphatic carbocycles. The third-order valence-corrected chi connectivity index (χ3v) is 3.09. The van der Waals surface area contributed by atoms with Gasteiger partial charge in [-0.15, -0.1) is 10.2 Å². The van der Waals surface area contributed by atoms with Crippen molar-refractivity contribution in [2.45, 2.75) is 6.54 Å². The topological polar surface area (TPSA) is 85.9 Å². The second kappa shape index (κ2) is 5.31. The maximum Gasteiger partial charge on any atom is 0.293 e. The van der Waals surface area contributed by atoms with Crippen LogP contribution in [0.4, 0.5) is 15.8 Å². The molecule has 1 heterocycles. The molecule has 0 aliphatic heterocycles. The molecule has 100 valence electrons. The van der Waals surface area contributed by atoms with Gasteiger partial charge in [-0.1, -0.05) is 0 Å². The highest BCUT2D eigenvalue weighted by Crippen LogP contribution is 2.30. The number of nitrogens with one attached hydrogen (secondary N) is 1. The summed E-state index contributed by atoms with van der Waals surface area (Å²) in [7, 11) is 1.74. The van der Waals surface area contributed by atoms with Gasteiger partial charge in [0.05, 0.1) is 15.9 Å². The lowest BCUT2D eigenvalue weighted by atomic mass is 10.2. The molecule has 2 rings (SSSR count). The monoisotopic (exact) mass is 329 g/mol. The average Bonchev–Trinajstić information content (AvgIpc) is 2.75. The van der Waals surface area contributed by atoms with Crippen molar-refractivity contribution in [3.8, 4) is 0 Å². The molecule has 19 heavy (non-hydrogen) atoms. The van der Waals surface area contributed by atoms with E-state index < -0.39 is 10.7 Å². The molecular formula is C10H9BrFN5O2. The van der Waals surface area contributed by atoms with Crippen LogP contribution in [0.5, 0.6) is 0 Å². The lowest BCUT2D eigenvalue weighted by molar-refractivity contribution is -0.384. The molecule has 2 aromatic rings. The lowest BCUT2D eigenvalue weighted by Crippen LogP contribution is -2.07. The van der Waals surface area contributed by atoms with Crippen molar-refractivity contribution in [1.29, 1.82) is 0 Å². The first-order valence-electron chi connectivity index (χ1n) is 5.19. The normalized spacial score (nSPS) is 10.5. The molecule has 1 aromatic heterocycles. The number of hydrogen-bond acceptors (Lipinski definition) is 5.